The molecule has 0 aromatic heterocycles. The fourth-order valence-electron chi connectivity index (χ4n) is 3.07. The number of amides is 3. The summed E-state index contributed by atoms with van der Waals surface area (Å²) in [5.41, 5.74) is 1.99. The fraction of sp³-hybridized carbons (Fsp3) is 0.227. The van der Waals surface area contributed by atoms with Crippen LogP contribution < -0.4 is 10.2 Å². The van der Waals surface area contributed by atoms with Gasteiger partial charge in [-0.1, -0.05) is 41.4 Å². The molecule has 1 fully saturated rings. The molecule has 0 saturated carbocycles. The van der Waals surface area contributed by atoms with E-state index in [1.165, 1.54) is 18.0 Å². The average molecular weight is 446 g/mol. The summed E-state index contributed by atoms with van der Waals surface area (Å²) in [6.45, 7) is 0.583. The zero-order chi connectivity index (χ0) is 21.7. The minimum atomic E-state index is -0.408. The van der Waals surface area contributed by atoms with Crippen molar-refractivity contribution in [2.45, 2.75) is 12.8 Å². The van der Waals surface area contributed by atoms with Gasteiger partial charge in [0.05, 0.1) is 22.3 Å². The Kier molecular flexibility index (Phi) is 7.13. The molecule has 156 valence electrons. The van der Waals surface area contributed by atoms with E-state index in [1.807, 2.05) is 24.3 Å². The molecule has 2 aromatic carbocycles. The van der Waals surface area contributed by atoms with Crippen molar-refractivity contribution in [3.05, 3.63) is 64.1 Å². The maximum atomic E-state index is 12.3. The second-order valence-corrected chi connectivity index (χ2v) is 7.73. The van der Waals surface area contributed by atoms with E-state index in [0.717, 1.165) is 24.2 Å². The zero-order valence-electron chi connectivity index (χ0n) is 16.4. The van der Waals surface area contributed by atoms with Crippen LogP contribution >= 0.6 is 23.2 Å². The molecule has 6 nitrogen and oxygen atoms in total. The lowest BCUT2D eigenvalue weighted by molar-refractivity contribution is -0.129. The van der Waals surface area contributed by atoms with Gasteiger partial charge in [0.25, 0.3) is 0 Å². The van der Waals surface area contributed by atoms with E-state index in [-0.39, 0.29) is 18.4 Å². The summed E-state index contributed by atoms with van der Waals surface area (Å²) in [5.74, 6) is -0.602. The van der Waals surface area contributed by atoms with E-state index in [0.29, 0.717) is 22.2 Å². The van der Waals surface area contributed by atoms with Crippen LogP contribution in [0.2, 0.25) is 10.0 Å². The zero-order valence-corrected chi connectivity index (χ0v) is 17.9. The summed E-state index contributed by atoms with van der Waals surface area (Å²) in [7, 11) is 1.53. The summed E-state index contributed by atoms with van der Waals surface area (Å²) >= 11 is 12.1. The Morgan fingerprint density at radius 2 is 1.80 bits per heavy atom. The smallest absolute Gasteiger partial charge is 0.246 e. The minimum absolute atomic E-state index is 0.131. The highest BCUT2D eigenvalue weighted by Gasteiger charge is 2.21. The molecule has 1 aliphatic rings. The van der Waals surface area contributed by atoms with Crippen molar-refractivity contribution in [3.8, 4) is 0 Å². The Morgan fingerprint density at radius 3 is 2.40 bits per heavy atom. The summed E-state index contributed by atoms with van der Waals surface area (Å²) in [5, 5.41) is 3.27. The second-order valence-electron chi connectivity index (χ2n) is 6.91. The largest absolute Gasteiger partial charge is 0.333 e. The maximum absolute atomic E-state index is 12.3. The number of carbonyl (C=O) groups excluding carboxylic acids is 3. The monoisotopic (exact) mass is 445 g/mol. The Balaban J connectivity index is 1.55. The van der Waals surface area contributed by atoms with E-state index >= 15 is 0 Å². The van der Waals surface area contributed by atoms with Gasteiger partial charge in [-0.15, -0.1) is 0 Å². The molecule has 1 saturated heterocycles. The Morgan fingerprint density at radius 1 is 1.13 bits per heavy atom. The van der Waals surface area contributed by atoms with Gasteiger partial charge in [-0.25, -0.2) is 0 Å². The van der Waals surface area contributed by atoms with Crippen molar-refractivity contribution in [2.75, 3.05) is 30.4 Å². The van der Waals surface area contributed by atoms with Crippen molar-refractivity contribution in [3.63, 3.8) is 0 Å². The molecule has 0 unspecified atom stereocenters. The Hall–Kier alpha value is -2.83. The van der Waals surface area contributed by atoms with Crippen molar-refractivity contribution in [2.24, 2.45) is 0 Å². The first-order chi connectivity index (χ1) is 14.3. The number of anilines is 2. The lowest BCUT2D eigenvalue weighted by atomic mass is 10.2. The summed E-state index contributed by atoms with van der Waals surface area (Å²) in [6, 6.07) is 12.3. The molecule has 8 heteroatoms. The Labute approximate surface area is 185 Å². The van der Waals surface area contributed by atoms with Crippen LogP contribution in [-0.2, 0) is 14.4 Å². The van der Waals surface area contributed by atoms with Gasteiger partial charge in [0.1, 0.15) is 0 Å². The number of hydrogen-bond donors (Lipinski definition) is 1. The van der Waals surface area contributed by atoms with Gasteiger partial charge in [-0.05, 0) is 42.3 Å². The highest BCUT2D eigenvalue weighted by atomic mass is 35.5. The highest BCUT2D eigenvalue weighted by Crippen LogP contribution is 2.29. The van der Waals surface area contributed by atoms with Crippen LogP contribution in [0, 0.1) is 0 Å². The molecule has 30 heavy (non-hydrogen) atoms. The van der Waals surface area contributed by atoms with E-state index in [2.05, 4.69) is 5.32 Å². The standard InChI is InChI=1S/C22H21Cl2N3O3/c1-26(14-19(28)25-22-17(23)4-2-5-18(22)24)20(29)12-9-15-7-10-16(11-8-15)27-13-3-6-21(27)30/h2,4-5,7-12H,3,6,13-14H2,1H3,(H,25,28)/b12-9+. The Bertz CT molecular complexity index is 969. The molecule has 1 aliphatic heterocycles. The second kappa shape index (κ2) is 9.78. The molecule has 3 rings (SSSR count). The number of benzene rings is 2. The molecule has 0 spiro atoms. The molecule has 1 heterocycles. The van der Waals surface area contributed by atoms with Crippen LogP contribution in [0.4, 0.5) is 11.4 Å². The van der Waals surface area contributed by atoms with E-state index < -0.39 is 5.91 Å². The molecule has 0 radical (unpaired) electrons. The molecule has 3 amide bonds. The van der Waals surface area contributed by atoms with Crippen LogP contribution in [0.1, 0.15) is 18.4 Å². The number of halogens is 2. The predicted octanol–water partition coefficient (Wildman–Crippen LogP) is 4.23. The van der Waals surface area contributed by atoms with Crippen LogP contribution in [0.25, 0.3) is 6.08 Å². The number of likely N-dealkylation sites (N-methyl/N-ethyl adjacent to an activating group) is 1. The predicted molar refractivity (Wildman–Crippen MR) is 120 cm³/mol. The van der Waals surface area contributed by atoms with Gasteiger partial charge in [0, 0.05) is 31.8 Å². The van der Waals surface area contributed by atoms with Gasteiger partial charge in [-0.2, -0.15) is 0 Å². The molecule has 0 atom stereocenters. The third-order valence-electron chi connectivity index (χ3n) is 4.68. The van der Waals surface area contributed by atoms with Gasteiger partial charge < -0.3 is 15.1 Å². The number of nitrogens with zero attached hydrogens (tertiary/aromatic N) is 2. The van der Waals surface area contributed by atoms with Crippen LogP contribution in [0.15, 0.2) is 48.5 Å². The van der Waals surface area contributed by atoms with Gasteiger partial charge in [-0.3, -0.25) is 14.4 Å². The number of hydrogen-bond acceptors (Lipinski definition) is 3. The minimum Gasteiger partial charge on any atom is -0.333 e. The number of para-hydroxylation sites is 1. The van der Waals surface area contributed by atoms with Crippen molar-refractivity contribution >= 4 is 58.4 Å². The van der Waals surface area contributed by atoms with Crippen LogP contribution in [0.3, 0.4) is 0 Å². The van der Waals surface area contributed by atoms with Crippen molar-refractivity contribution in [1.82, 2.24) is 4.90 Å². The third kappa shape index (κ3) is 5.40. The van der Waals surface area contributed by atoms with E-state index in [4.69, 9.17) is 23.2 Å². The summed E-state index contributed by atoms with van der Waals surface area (Å²) in [6.07, 6.45) is 4.51. The topological polar surface area (TPSA) is 69.7 Å². The quantitative estimate of drug-likeness (QED) is 0.676. The van der Waals surface area contributed by atoms with Gasteiger partial charge in [0.15, 0.2) is 0 Å². The maximum Gasteiger partial charge on any atom is 0.246 e. The first kappa shape index (κ1) is 21.9. The highest BCUT2D eigenvalue weighted by molar-refractivity contribution is 6.39. The summed E-state index contributed by atoms with van der Waals surface area (Å²) < 4.78 is 0. The molecule has 0 aliphatic carbocycles. The van der Waals surface area contributed by atoms with Crippen LogP contribution in [0.5, 0.6) is 0 Å². The van der Waals surface area contributed by atoms with E-state index in [1.54, 1.807) is 29.2 Å². The number of nitrogens with one attached hydrogen (secondary N) is 1. The molecular formula is C22H21Cl2N3O3. The fourth-order valence-corrected chi connectivity index (χ4v) is 3.56. The first-order valence-electron chi connectivity index (χ1n) is 9.42. The van der Waals surface area contributed by atoms with Crippen molar-refractivity contribution in [1.29, 1.82) is 0 Å². The van der Waals surface area contributed by atoms with Gasteiger partial charge >= 0.3 is 0 Å². The van der Waals surface area contributed by atoms with Gasteiger partial charge in [0.2, 0.25) is 17.7 Å². The normalized spacial score (nSPS) is 13.7. The van der Waals surface area contributed by atoms with E-state index in [9.17, 15) is 14.4 Å². The third-order valence-corrected chi connectivity index (χ3v) is 5.31. The molecule has 1 N–H and O–H groups in total. The average Bonchev–Trinajstić information content (AvgIpc) is 3.15. The molecule has 2 aromatic rings. The summed E-state index contributed by atoms with van der Waals surface area (Å²) in [4.78, 5) is 39.4. The molecular weight excluding hydrogens is 425 g/mol. The van der Waals surface area contributed by atoms with Crippen LogP contribution in [-0.4, -0.2) is 42.8 Å². The number of carbonyl (C=O) groups is 3. The number of rotatable bonds is 6. The first-order valence-corrected chi connectivity index (χ1v) is 10.2. The SMILES string of the molecule is CN(CC(=O)Nc1c(Cl)cccc1Cl)C(=O)/C=C/c1ccc(N2CCCC2=O)cc1. The van der Waals surface area contributed by atoms with Crippen molar-refractivity contribution < 1.29 is 14.4 Å². The lowest BCUT2D eigenvalue weighted by Crippen LogP contribution is -2.34. The lowest BCUT2D eigenvalue weighted by Gasteiger charge is -2.16. The molecule has 0 bridgehead atoms.